The summed E-state index contributed by atoms with van der Waals surface area (Å²) in [5.74, 6) is -0.486. The molecule has 0 radical (unpaired) electrons. The van der Waals surface area contributed by atoms with Crippen LogP contribution >= 0.6 is 0 Å². The minimum absolute atomic E-state index is 0.0161. The van der Waals surface area contributed by atoms with Gasteiger partial charge < -0.3 is 15.2 Å². The number of hydrogen-bond donors (Lipinski definition) is 2. The molecule has 7 nitrogen and oxygen atoms in total. The molecule has 130 valence electrons. The van der Waals surface area contributed by atoms with Crippen LogP contribution in [0.2, 0.25) is 0 Å². The van der Waals surface area contributed by atoms with Crippen molar-refractivity contribution >= 4 is 11.6 Å². The summed E-state index contributed by atoms with van der Waals surface area (Å²) in [6.45, 7) is 1.63. The zero-order valence-electron chi connectivity index (χ0n) is 13.5. The Labute approximate surface area is 143 Å². The van der Waals surface area contributed by atoms with Crippen LogP contribution in [0.25, 0.3) is 5.65 Å². The Morgan fingerprint density at radius 1 is 1.44 bits per heavy atom. The maximum absolute atomic E-state index is 13.1. The van der Waals surface area contributed by atoms with Gasteiger partial charge in [0.15, 0.2) is 5.65 Å². The van der Waals surface area contributed by atoms with E-state index in [9.17, 15) is 14.3 Å². The largest absolute Gasteiger partial charge is 0.491 e. The van der Waals surface area contributed by atoms with E-state index < -0.39 is 11.9 Å². The van der Waals surface area contributed by atoms with Crippen molar-refractivity contribution in [1.29, 1.82) is 0 Å². The second-order valence-electron chi connectivity index (χ2n) is 5.48. The summed E-state index contributed by atoms with van der Waals surface area (Å²) >= 11 is 0. The van der Waals surface area contributed by atoms with Gasteiger partial charge in [-0.25, -0.2) is 13.9 Å². The molecule has 1 amide bonds. The molecule has 0 bridgehead atoms. The predicted octanol–water partition coefficient (Wildman–Crippen LogP) is 1.35. The molecular formula is C17H17FN4O3. The summed E-state index contributed by atoms with van der Waals surface area (Å²) in [6, 6.07) is 7.34. The normalized spacial score (nSPS) is 12.1. The topological polar surface area (TPSA) is 88.8 Å². The van der Waals surface area contributed by atoms with Crippen molar-refractivity contribution in [1.82, 2.24) is 19.9 Å². The zero-order chi connectivity index (χ0) is 17.8. The van der Waals surface area contributed by atoms with Gasteiger partial charge in [0.25, 0.3) is 5.91 Å². The van der Waals surface area contributed by atoms with Gasteiger partial charge in [-0.15, -0.1) is 0 Å². The Kier molecular flexibility index (Phi) is 4.90. The Morgan fingerprint density at radius 2 is 2.28 bits per heavy atom. The minimum atomic E-state index is -0.942. The summed E-state index contributed by atoms with van der Waals surface area (Å²) in [4.78, 5) is 16.5. The van der Waals surface area contributed by atoms with Crippen LogP contribution in [0.4, 0.5) is 4.39 Å². The second kappa shape index (κ2) is 7.27. The fourth-order valence-corrected chi connectivity index (χ4v) is 2.37. The van der Waals surface area contributed by atoms with Gasteiger partial charge in [0.2, 0.25) is 0 Å². The van der Waals surface area contributed by atoms with Crippen LogP contribution in [0.1, 0.15) is 16.1 Å². The van der Waals surface area contributed by atoms with Crippen molar-refractivity contribution in [3.8, 4) is 5.75 Å². The number of ether oxygens (including phenoxy) is 1. The molecule has 25 heavy (non-hydrogen) atoms. The van der Waals surface area contributed by atoms with Crippen LogP contribution < -0.4 is 10.1 Å². The third kappa shape index (κ3) is 3.92. The van der Waals surface area contributed by atoms with Crippen molar-refractivity contribution in [3.63, 3.8) is 0 Å². The van der Waals surface area contributed by atoms with Crippen molar-refractivity contribution < 1.29 is 19.0 Å². The van der Waals surface area contributed by atoms with E-state index in [2.05, 4.69) is 15.4 Å². The highest BCUT2D eigenvalue weighted by atomic mass is 19.1. The fraction of sp³-hybridized carbons (Fsp3) is 0.235. The molecule has 3 rings (SSSR count). The van der Waals surface area contributed by atoms with Crippen LogP contribution in [0.5, 0.6) is 5.75 Å². The zero-order valence-corrected chi connectivity index (χ0v) is 13.5. The fourth-order valence-electron chi connectivity index (χ4n) is 2.37. The molecule has 0 saturated heterocycles. The maximum atomic E-state index is 13.1. The summed E-state index contributed by atoms with van der Waals surface area (Å²) in [5.41, 5.74) is 1.35. The molecule has 0 unspecified atom stereocenters. The number of aliphatic hydroxyl groups is 1. The lowest BCUT2D eigenvalue weighted by atomic mass is 10.2. The van der Waals surface area contributed by atoms with E-state index >= 15 is 0 Å². The first-order valence-electron chi connectivity index (χ1n) is 7.69. The number of aromatic nitrogens is 3. The first kappa shape index (κ1) is 16.8. The molecule has 0 aliphatic carbocycles. The van der Waals surface area contributed by atoms with Gasteiger partial charge in [0, 0.05) is 25.0 Å². The summed E-state index contributed by atoms with van der Waals surface area (Å²) in [6.07, 6.45) is 2.34. The minimum Gasteiger partial charge on any atom is -0.491 e. The van der Waals surface area contributed by atoms with Crippen LogP contribution in [-0.2, 0) is 0 Å². The molecule has 2 heterocycles. The number of aryl methyl sites for hydroxylation is 1. The lowest BCUT2D eigenvalue weighted by Crippen LogP contribution is -2.35. The highest BCUT2D eigenvalue weighted by Gasteiger charge is 2.18. The third-order valence-electron chi connectivity index (χ3n) is 3.53. The van der Waals surface area contributed by atoms with E-state index in [1.807, 2.05) is 0 Å². The van der Waals surface area contributed by atoms with Crippen molar-refractivity contribution in [2.24, 2.45) is 0 Å². The van der Waals surface area contributed by atoms with E-state index in [1.165, 1.54) is 22.7 Å². The molecule has 2 N–H and O–H groups in total. The highest BCUT2D eigenvalue weighted by molar-refractivity contribution is 6.00. The van der Waals surface area contributed by atoms with Gasteiger partial charge in [-0.3, -0.25) is 4.79 Å². The number of carbonyl (C=O) groups is 1. The lowest BCUT2D eigenvalue weighted by molar-refractivity contribution is 0.0844. The first-order valence-corrected chi connectivity index (χ1v) is 7.69. The van der Waals surface area contributed by atoms with Gasteiger partial charge >= 0.3 is 0 Å². The number of fused-ring (bicyclic) bond motifs is 1. The summed E-state index contributed by atoms with van der Waals surface area (Å²) in [5, 5.41) is 16.8. The maximum Gasteiger partial charge on any atom is 0.257 e. The van der Waals surface area contributed by atoms with E-state index in [1.54, 1.807) is 31.5 Å². The number of nitrogens with one attached hydrogen (secondary N) is 1. The van der Waals surface area contributed by atoms with E-state index in [-0.39, 0.29) is 19.1 Å². The molecular weight excluding hydrogens is 327 g/mol. The standard InChI is InChI=1S/C17H17FN4O3/c1-11-15(16-19-6-3-7-22(16)21-11)17(24)20-9-13(23)10-25-14-5-2-4-12(18)8-14/h2-8,13,23H,9-10H2,1H3,(H,20,24)/t13-/m0/s1. The van der Waals surface area contributed by atoms with E-state index in [0.717, 1.165) is 0 Å². The number of hydrogen-bond acceptors (Lipinski definition) is 5. The predicted molar refractivity (Wildman–Crippen MR) is 88.0 cm³/mol. The van der Waals surface area contributed by atoms with E-state index in [4.69, 9.17) is 4.74 Å². The molecule has 1 aromatic carbocycles. The Hall–Kier alpha value is -3.00. The molecule has 2 aromatic heterocycles. The Balaban J connectivity index is 1.57. The SMILES string of the molecule is Cc1nn2cccnc2c1C(=O)NC[C@H](O)COc1cccc(F)c1. The van der Waals surface area contributed by atoms with Crippen molar-refractivity contribution in [2.75, 3.05) is 13.2 Å². The molecule has 3 aromatic rings. The molecule has 1 atom stereocenters. The van der Waals surface area contributed by atoms with Crippen molar-refractivity contribution in [2.45, 2.75) is 13.0 Å². The monoisotopic (exact) mass is 344 g/mol. The molecule has 0 spiro atoms. The Bertz CT molecular complexity index is 896. The van der Waals surface area contributed by atoms with Gasteiger partial charge in [-0.1, -0.05) is 6.07 Å². The third-order valence-corrected chi connectivity index (χ3v) is 3.53. The molecule has 8 heteroatoms. The molecule has 0 saturated carbocycles. The van der Waals surface area contributed by atoms with Gasteiger partial charge in [-0.2, -0.15) is 5.10 Å². The number of carbonyl (C=O) groups excluding carboxylic acids is 1. The Morgan fingerprint density at radius 3 is 3.08 bits per heavy atom. The molecule has 0 fully saturated rings. The summed E-state index contributed by atoms with van der Waals surface area (Å²) < 4.78 is 19.9. The number of rotatable bonds is 6. The van der Waals surface area contributed by atoms with E-state index in [0.29, 0.717) is 22.7 Å². The average molecular weight is 344 g/mol. The smallest absolute Gasteiger partial charge is 0.257 e. The van der Waals surface area contributed by atoms with Crippen molar-refractivity contribution in [3.05, 3.63) is 59.8 Å². The number of benzene rings is 1. The van der Waals surface area contributed by atoms with Gasteiger partial charge in [0.05, 0.1) is 5.69 Å². The molecule has 0 aliphatic heterocycles. The quantitative estimate of drug-likeness (QED) is 0.705. The number of aliphatic hydroxyl groups excluding tert-OH is 1. The number of halogens is 1. The van der Waals surface area contributed by atoms with Gasteiger partial charge in [-0.05, 0) is 25.1 Å². The highest BCUT2D eigenvalue weighted by Crippen LogP contribution is 2.13. The number of nitrogens with zero attached hydrogens (tertiary/aromatic N) is 3. The first-order chi connectivity index (χ1) is 12.0. The lowest BCUT2D eigenvalue weighted by Gasteiger charge is -2.13. The number of amides is 1. The van der Waals surface area contributed by atoms with Gasteiger partial charge in [0.1, 0.15) is 29.8 Å². The molecule has 0 aliphatic rings. The van der Waals surface area contributed by atoms with Crippen LogP contribution in [-0.4, -0.2) is 44.9 Å². The van der Waals surface area contributed by atoms with Crippen LogP contribution in [0, 0.1) is 12.7 Å². The second-order valence-corrected chi connectivity index (χ2v) is 5.48. The van der Waals surface area contributed by atoms with Crippen LogP contribution in [0.3, 0.4) is 0 Å². The summed E-state index contributed by atoms with van der Waals surface area (Å²) in [7, 11) is 0. The average Bonchev–Trinajstić information content (AvgIpc) is 2.93. The van der Waals surface area contributed by atoms with Crippen LogP contribution in [0.15, 0.2) is 42.7 Å².